The zero-order valence-corrected chi connectivity index (χ0v) is 16.8. The van der Waals surface area contributed by atoms with Gasteiger partial charge in [-0.1, -0.05) is 71.2 Å². The van der Waals surface area contributed by atoms with Crippen molar-refractivity contribution in [2.24, 2.45) is 5.10 Å². The third-order valence-corrected chi connectivity index (χ3v) is 4.51. The van der Waals surface area contributed by atoms with Crippen LogP contribution < -0.4 is 10.2 Å². The maximum Gasteiger partial charge on any atom is 0.271 e. The fourth-order valence-electron chi connectivity index (χ4n) is 2.38. The van der Waals surface area contributed by atoms with Crippen molar-refractivity contribution in [2.45, 2.75) is 6.61 Å². The lowest BCUT2D eigenvalue weighted by molar-refractivity contribution is 0.0955. The Morgan fingerprint density at radius 3 is 2.36 bits per heavy atom. The molecule has 4 nitrogen and oxygen atoms in total. The summed E-state index contributed by atoms with van der Waals surface area (Å²) < 4.78 is 5.73. The van der Waals surface area contributed by atoms with E-state index in [1.807, 2.05) is 30.3 Å². The summed E-state index contributed by atoms with van der Waals surface area (Å²) in [5, 5.41) is 5.11. The van der Waals surface area contributed by atoms with Crippen LogP contribution in [0.2, 0.25) is 15.1 Å². The van der Waals surface area contributed by atoms with Crippen molar-refractivity contribution in [1.82, 2.24) is 5.43 Å². The van der Waals surface area contributed by atoms with Crippen LogP contribution in [0.25, 0.3) is 0 Å². The molecule has 28 heavy (non-hydrogen) atoms. The summed E-state index contributed by atoms with van der Waals surface area (Å²) in [6.07, 6.45) is 1.45. The Kier molecular flexibility index (Phi) is 6.93. The molecule has 0 radical (unpaired) electrons. The summed E-state index contributed by atoms with van der Waals surface area (Å²) in [4.78, 5) is 12.0. The van der Waals surface area contributed by atoms with E-state index in [1.54, 1.807) is 36.4 Å². The summed E-state index contributed by atoms with van der Waals surface area (Å²) >= 11 is 18.4. The lowest BCUT2D eigenvalue weighted by Crippen LogP contribution is -2.17. The molecule has 0 unspecified atom stereocenters. The van der Waals surface area contributed by atoms with E-state index in [-0.39, 0.29) is 5.91 Å². The predicted molar refractivity (Wildman–Crippen MR) is 114 cm³/mol. The molecule has 1 N–H and O–H groups in total. The van der Waals surface area contributed by atoms with Crippen molar-refractivity contribution >= 4 is 46.9 Å². The molecule has 0 aliphatic heterocycles. The topological polar surface area (TPSA) is 50.7 Å². The Bertz CT molecular complexity index is 985. The summed E-state index contributed by atoms with van der Waals surface area (Å²) in [5.41, 5.74) is 4.46. The molecule has 0 aliphatic carbocycles. The number of nitrogens with zero attached hydrogens (tertiary/aromatic N) is 1. The van der Waals surface area contributed by atoms with E-state index in [9.17, 15) is 4.79 Å². The molecule has 0 aromatic heterocycles. The maximum atomic E-state index is 12.0. The number of rotatable bonds is 6. The van der Waals surface area contributed by atoms with Crippen LogP contribution in [-0.4, -0.2) is 12.1 Å². The van der Waals surface area contributed by atoms with Crippen molar-refractivity contribution in [3.63, 3.8) is 0 Å². The Balaban J connectivity index is 1.65. The maximum absolute atomic E-state index is 12.0. The van der Waals surface area contributed by atoms with Crippen LogP contribution in [0.5, 0.6) is 5.75 Å². The molecule has 0 saturated heterocycles. The average Bonchev–Trinajstić information content (AvgIpc) is 2.68. The molecule has 3 aromatic carbocycles. The number of hydrogen-bond acceptors (Lipinski definition) is 3. The number of halogens is 3. The molecule has 0 saturated carbocycles. The minimum absolute atomic E-state index is 0.351. The van der Waals surface area contributed by atoms with Crippen molar-refractivity contribution < 1.29 is 9.53 Å². The molecule has 3 rings (SSSR count). The zero-order chi connectivity index (χ0) is 19.9. The molecule has 0 atom stereocenters. The molecule has 1 amide bonds. The minimum Gasteiger partial charge on any atom is -0.486 e. The van der Waals surface area contributed by atoms with E-state index in [2.05, 4.69) is 10.5 Å². The lowest BCUT2D eigenvalue weighted by Gasteiger charge is -2.11. The molecule has 142 valence electrons. The van der Waals surface area contributed by atoms with Crippen LogP contribution >= 0.6 is 34.8 Å². The number of carbonyl (C=O) groups excluding carboxylic acids is 1. The molecule has 0 spiro atoms. The first-order chi connectivity index (χ1) is 13.5. The van der Waals surface area contributed by atoms with E-state index < -0.39 is 0 Å². The summed E-state index contributed by atoms with van der Waals surface area (Å²) in [5.74, 6) is 0.0195. The highest BCUT2D eigenvalue weighted by Gasteiger charge is 2.10. The Labute approximate surface area is 177 Å². The van der Waals surface area contributed by atoms with Gasteiger partial charge in [0.15, 0.2) is 5.75 Å². The zero-order valence-electron chi connectivity index (χ0n) is 14.5. The fraction of sp³-hybridized carbons (Fsp3) is 0.0476. The van der Waals surface area contributed by atoms with Crippen molar-refractivity contribution in [3.8, 4) is 5.75 Å². The molecule has 0 bridgehead atoms. The van der Waals surface area contributed by atoms with Gasteiger partial charge in [0.25, 0.3) is 5.91 Å². The summed E-state index contributed by atoms with van der Waals surface area (Å²) in [6, 6.07) is 19.6. The standard InChI is InChI=1S/C21H15Cl3N2O2/c22-17-8-4-7-16(11-17)21(27)26-25-12-15-9-18(23)20(19(24)10-15)28-13-14-5-2-1-3-6-14/h1-12H,13H2,(H,26,27)/b25-12-. The first-order valence-corrected chi connectivity index (χ1v) is 9.41. The van der Waals surface area contributed by atoms with Gasteiger partial charge >= 0.3 is 0 Å². The third kappa shape index (κ3) is 5.49. The van der Waals surface area contributed by atoms with Gasteiger partial charge in [-0.05, 0) is 41.5 Å². The number of ether oxygens (including phenoxy) is 1. The monoisotopic (exact) mass is 432 g/mol. The number of hydrogen-bond donors (Lipinski definition) is 1. The van der Waals surface area contributed by atoms with Gasteiger partial charge in [-0.25, -0.2) is 5.43 Å². The van der Waals surface area contributed by atoms with Crippen molar-refractivity contribution in [3.05, 3.63) is 98.5 Å². The number of hydrazone groups is 1. The molecule has 0 aliphatic rings. The van der Waals surface area contributed by atoms with Crippen LogP contribution in [0.3, 0.4) is 0 Å². The molecular formula is C21H15Cl3N2O2. The second-order valence-corrected chi connectivity index (χ2v) is 7.05. The number of carbonyl (C=O) groups is 1. The van der Waals surface area contributed by atoms with E-state index in [1.165, 1.54) is 6.21 Å². The van der Waals surface area contributed by atoms with E-state index in [0.717, 1.165) is 5.56 Å². The average molecular weight is 434 g/mol. The van der Waals surface area contributed by atoms with Gasteiger partial charge < -0.3 is 4.74 Å². The van der Waals surface area contributed by atoms with Crippen LogP contribution in [0.1, 0.15) is 21.5 Å². The van der Waals surface area contributed by atoms with Crippen LogP contribution in [0.15, 0.2) is 71.8 Å². The van der Waals surface area contributed by atoms with Crippen molar-refractivity contribution in [2.75, 3.05) is 0 Å². The first-order valence-electron chi connectivity index (χ1n) is 8.27. The molecule has 0 heterocycles. The van der Waals surface area contributed by atoms with E-state index in [4.69, 9.17) is 39.5 Å². The predicted octanol–water partition coefficient (Wildman–Crippen LogP) is 5.99. The van der Waals surface area contributed by atoms with Gasteiger partial charge in [0, 0.05) is 10.6 Å². The van der Waals surface area contributed by atoms with E-state index in [0.29, 0.717) is 38.6 Å². The quantitative estimate of drug-likeness (QED) is 0.383. The Hall–Kier alpha value is -2.53. The van der Waals surface area contributed by atoms with Gasteiger partial charge in [-0.3, -0.25) is 4.79 Å². The smallest absolute Gasteiger partial charge is 0.271 e. The number of amides is 1. The van der Waals surface area contributed by atoms with Gasteiger partial charge in [-0.15, -0.1) is 0 Å². The van der Waals surface area contributed by atoms with E-state index >= 15 is 0 Å². The normalized spacial score (nSPS) is 10.8. The minimum atomic E-state index is -0.376. The number of benzene rings is 3. The molecule has 3 aromatic rings. The third-order valence-electron chi connectivity index (χ3n) is 3.71. The largest absolute Gasteiger partial charge is 0.486 e. The highest BCUT2D eigenvalue weighted by Crippen LogP contribution is 2.34. The highest BCUT2D eigenvalue weighted by atomic mass is 35.5. The van der Waals surface area contributed by atoms with Crippen LogP contribution in [-0.2, 0) is 6.61 Å². The Morgan fingerprint density at radius 1 is 0.964 bits per heavy atom. The van der Waals surface area contributed by atoms with Crippen LogP contribution in [0.4, 0.5) is 0 Å². The second kappa shape index (κ2) is 9.60. The van der Waals surface area contributed by atoms with Crippen LogP contribution in [0, 0.1) is 0 Å². The molecular weight excluding hydrogens is 419 g/mol. The molecule has 0 fully saturated rings. The lowest BCUT2D eigenvalue weighted by atomic mass is 10.2. The van der Waals surface area contributed by atoms with Gasteiger partial charge in [0.05, 0.1) is 16.3 Å². The fourth-order valence-corrected chi connectivity index (χ4v) is 3.18. The van der Waals surface area contributed by atoms with Gasteiger partial charge in [-0.2, -0.15) is 5.10 Å². The second-order valence-electron chi connectivity index (χ2n) is 5.80. The summed E-state index contributed by atoms with van der Waals surface area (Å²) in [7, 11) is 0. The van der Waals surface area contributed by atoms with Crippen molar-refractivity contribution in [1.29, 1.82) is 0 Å². The highest BCUT2D eigenvalue weighted by molar-refractivity contribution is 6.37. The molecule has 7 heteroatoms. The Morgan fingerprint density at radius 2 is 1.68 bits per heavy atom. The summed E-state index contributed by atoms with van der Waals surface area (Å²) in [6.45, 7) is 0.351. The van der Waals surface area contributed by atoms with Gasteiger partial charge in [0.1, 0.15) is 6.61 Å². The SMILES string of the molecule is O=C(N/N=C\c1cc(Cl)c(OCc2ccccc2)c(Cl)c1)c1cccc(Cl)c1. The number of nitrogens with one attached hydrogen (secondary N) is 1. The first kappa shape index (κ1) is 20.2. The van der Waals surface area contributed by atoms with Gasteiger partial charge in [0.2, 0.25) is 0 Å².